The van der Waals surface area contributed by atoms with Crippen LogP contribution in [0.15, 0.2) is 89.2 Å². The van der Waals surface area contributed by atoms with E-state index in [1.165, 1.54) is 17.3 Å². The third kappa shape index (κ3) is 7.35. The molecule has 1 unspecified atom stereocenters. The lowest BCUT2D eigenvalue weighted by Crippen LogP contribution is -2.29. The van der Waals surface area contributed by atoms with E-state index in [0.717, 1.165) is 30.4 Å². The Bertz CT molecular complexity index is 1590. The topological polar surface area (TPSA) is 87.5 Å². The van der Waals surface area contributed by atoms with Gasteiger partial charge in [0.2, 0.25) is 11.1 Å². The fourth-order valence-electron chi connectivity index (χ4n) is 4.81. The molecule has 10 heteroatoms. The molecule has 0 saturated heterocycles. The summed E-state index contributed by atoms with van der Waals surface area (Å²) in [4.78, 5) is 18.2. The van der Waals surface area contributed by atoms with Gasteiger partial charge in [-0.25, -0.2) is 9.48 Å². The van der Waals surface area contributed by atoms with Crippen LogP contribution in [0.5, 0.6) is 11.5 Å². The number of hydrogen-bond acceptors (Lipinski definition) is 8. The van der Waals surface area contributed by atoms with Crippen molar-refractivity contribution in [3.8, 4) is 11.5 Å². The van der Waals surface area contributed by atoms with E-state index in [4.69, 9.17) is 35.9 Å². The molecule has 1 atom stereocenters. The quantitative estimate of drug-likeness (QED) is 0.0937. The maximum atomic E-state index is 13.5. The lowest BCUT2D eigenvalue weighted by Gasteiger charge is -2.28. The molecule has 1 aliphatic heterocycles. The van der Waals surface area contributed by atoms with Crippen LogP contribution in [-0.4, -0.2) is 41.1 Å². The van der Waals surface area contributed by atoms with Crippen LogP contribution in [0.4, 0.5) is 5.95 Å². The van der Waals surface area contributed by atoms with Crippen molar-refractivity contribution in [1.82, 2.24) is 14.8 Å². The van der Waals surface area contributed by atoms with Crippen molar-refractivity contribution in [1.29, 1.82) is 0 Å². The largest absolute Gasteiger partial charge is 0.493 e. The number of halogens is 1. The number of thioether (sulfide) groups is 1. The predicted molar refractivity (Wildman–Crippen MR) is 170 cm³/mol. The van der Waals surface area contributed by atoms with Crippen LogP contribution in [0.25, 0.3) is 0 Å². The monoisotopic (exact) mass is 618 g/mol. The van der Waals surface area contributed by atoms with Gasteiger partial charge in [0.05, 0.1) is 25.9 Å². The SMILES string of the molecule is CCCCOC(=O)C1=C(C)Nc2nc(SCc3ccccc3Cl)nn2C1c1ccc(OCCc2ccccc2)c(OC)c1. The van der Waals surface area contributed by atoms with Crippen molar-refractivity contribution >= 4 is 35.3 Å². The van der Waals surface area contributed by atoms with Gasteiger partial charge in [-0.05, 0) is 48.2 Å². The Kier molecular flexibility index (Phi) is 10.3. The highest BCUT2D eigenvalue weighted by Crippen LogP contribution is 2.40. The predicted octanol–water partition coefficient (Wildman–Crippen LogP) is 7.49. The highest BCUT2D eigenvalue weighted by Gasteiger charge is 2.36. The van der Waals surface area contributed by atoms with Crippen molar-refractivity contribution in [2.24, 2.45) is 0 Å². The molecule has 5 rings (SSSR count). The van der Waals surface area contributed by atoms with Crippen LogP contribution < -0.4 is 14.8 Å². The lowest BCUT2D eigenvalue weighted by molar-refractivity contribution is -0.139. The summed E-state index contributed by atoms with van der Waals surface area (Å²) in [7, 11) is 1.61. The molecule has 1 aromatic heterocycles. The Morgan fingerprint density at radius 3 is 2.60 bits per heavy atom. The number of unbranched alkanes of at least 4 members (excludes halogenated alkanes) is 1. The number of aromatic nitrogens is 3. The zero-order chi connectivity index (χ0) is 30.2. The number of nitrogens with zero attached hydrogens (tertiary/aromatic N) is 3. The van der Waals surface area contributed by atoms with Gasteiger partial charge < -0.3 is 19.5 Å². The fourth-order valence-corrected chi connectivity index (χ4v) is 5.92. The highest BCUT2D eigenvalue weighted by molar-refractivity contribution is 7.98. The Balaban J connectivity index is 1.44. The summed E-state index contributed by atoms with van der Waals surface area (Å²) in [5, 5.41) is 9.35. The van der Waals surface area contributed by atoms with E-state index in [9.17, 15) is 4.79 Å². The summed E-state index contributed by atoms with van der Waals surface area (Å²) in [6.07, 6.45) is 2.48. The van der Waals surface area contributed by atoms with Gasteiger partial charge in [-0.3, -0.25) is 0 Å². The average Bonchev–Trinajstić information content (AvgIpc) is 3.43. The van der Waals surface area contributed by atoms with E-state index in [1.54, 1.807) is 11.8 Å². The molecule has 1 aliphatic rings. The smallest absolute Gasteiger partial charge is 0.338 e. The molecule has 43 heavy (non-hydrogen) atoms. The minimum absolute atomic E-state index is 0.347. The molecule has 2 heterocycles. The van der Waals surface area contributed by atoms with Gasteiger partial charge >= 0.3 is 5.97 Å². The number of nitrogens with one attached hydrogen (secondary N) is 1. The molecule has 8 nitrogen and oxygen atoms in total. The summed E-state index contributed by atoms with van der Waals surface area (Å²) in [6, 6.07) is 23.0. The van der Waals surface area contributed by atoms with Crippen LogP contribution >= 0.6 is 23.4 Å². The Hall–Kier alpha value is -3.95. The second-order valence-electron chi connectivity index (χ2n) is 10.1. The summed E-state index contributed by atoms with van der Waals surface area (Å²) >= 11 is 7.85. The molecule has 4 aromatic rings. The van der Waals surface area contributed by atoms with Gasteiger partial charge in [0, 0.05) is 22.9 Å². The van der Waals surface area contributed by atoms with Crippen molar-refractivity contribution in [3.05, 3.63) is 106 Å². The fraction of sp³-hybridized carbons (Fsp3) is 0.303. The molecule has 0 radical (unpaired) electrons. The van der Waals surface area contributed by atoms with Gasteiger partial charge in [0.15, 0.2) is 11.5 Å². The second-order valence-corrected chi connectivity index (χ2v) is 11.4. The van der Waals surface area contributed by atoms with Crippen LogP contribution in [0.2, 0.25) is 5.02 Å². The van der Waals surface area contributed by atoms with Gasteiger partial charge in [0.1, 0.15) is 6.04 Å². The minimum atomic E-state index is -0.584. The molecule has 224 valence electrons. The van der Waals surface area contributed by atoms with Crippen molar-refractivity contribution in [2.45, 2.75) is 50.1 Å². The molecule has 1 N–H and O–H groups in total. The molecule has 0 bridgehead atoms. The zero-order valence-electron chi connectivity index (χ0n) is 24.5. The summed E-state index contributed by atoms with van der Waals surface area (Å²) in [6.45, 7) is 4.76. The van der Waals surface area contributed by atoms with Crippen molar-refractivity contribution in [3.63, 3.8) is 0 Å². The first-order valence-electron chi connectivity index (χ1n) is 14.3. The molecular formula is C33H35ClN4O4S. The Morgan fingerprint density at radius 2 is 1.84 bits per heavy atom. The maximum absolute atomic E-state index is 13.5. The number of methoxy groups -OCH3 is 1. The summed E-state index contributed by atoms with van der Waals surface area (Å²) < 4.78 is 19.3. The number of esters is 1. The number of allylic oxidation sites excluding steroid dienone is 1. The Morgan fingerprint density at radius 1 is 1.05 bits per heavy atom. The van der Waals surface area contributed by atoms with Gasteiger partial charge in [-0.15, -0.1) is 5.10 Å². The number of anilines is 1. The van der Waals surface area contributed by atoms with Gasteiger partial charge in [-0.2, -0.15) is 4.98 Å². The van der Waals surface area contributed by atoms with E-state index >= 15 is 0 Å². The molecule has 0 fully saturated rings. The molecular weight excluding hydrogens is 584 g/mol. The van der Waals surface area contributed by atoms with Crippen LogP contribution in [0, 0.1) is 0 Å². The number of fused-ring (bicyclic) bond motifs is 1. The van der Waals surface area contributed by atoms with Crippen molar-refractivity contribution < 1.29 is 19.0 Å². The van der Waals surface area contributed by atoms with Gasteiger partial charge in [-0.1, -0.05) is 91.3 Å². The number of rotatable bonds is 13. The van der Waals surface area contributed by atoms with Crippen LogP contribution in [0.1, 0.15) is 49.4 Å². The molecule has 0 aliphatic carbocycles. The molecule has 0 saturated carbocycles. The Labute approximate surface area is 261 Å². The maximum Gasteiger partial charge on any atom is 0.338 e. The summed E-state index contributed by atoms with van der Waals surface area (Å²) in [5.74, 6) is 1.94. The highest BCUT2D eigenvalue weighted by atomic mass is 35.5. The number of carbonyl (C=O) groups is 1. The second kappa shape index (κ2) is 14.5. The average molecular weight is 619 g/mol. The first kappa shape index (κ1) is 30.5. The molecule has 3 aromatic carbocycles. The standard InChI is InChI=1S/C33H35ClN4O4S/c1-4-5-18-42-31(39)29-22(2)35-32-36-33(43-21-25-13-9-10-14-26(25)34)37-38(32)30(29)24-15-16-27(28(20-24)40-3)41-19-17-23-11-7-6-8-12-23/h6-16,20,30H,4-5,17-19,21H2,1-3H3,(H,35,36,37). The number of hydrogen-bond donors (Lipinski definition) is 1. The number of ether oxygens (including phenoxy) is 3. The van der Waals surface area contributed by atoms with Crippen molar-refractivity contribution in [2.75, 3.05) is 25.6 Å². The third-order valence-electron chi connectivity index (χ3n) is 7.09. The third-order valence-corrected chi connectivity index (χ3v) is 8.35. The first-order chi connectivity index (χ1) is 21.0. The lowest BCUT2D eigenvalue weighted by atomic mass is 9.95. The summed E-state index contributed by atoms with van der Waals surface area (Å²) in [5.41, 5.74) is 4.12. The molecule has 0 amide bonds. The van der Waals surface area contributed by atoms with E-state index in [2.05, 4.69) is 24.4 Å². The van der Waals surface area contributed by atoms with Crippen LogP contribution in [-0.2, 0) is 21.7 Å². The number of benzene rings is 3. The normalized spacial score (nSPS) is 14.2. The first-order valence-corrected chi connectivity index (χ1v) is 15.7. The van der Waals surface area contributed by atoms with E-state index < -0.39 is 12.0 Å². The zero-order valence-corrected chi connectivity index (χ0v) is 26.1. The van der Waals surface area contributed by atoms with E-state index in [-0.39, 0.29) is 0 Å². The minimum Gasteiger partial charge on any atom is -0.493 e. The number of carbonyl (C=O) groups excluding carboxylic acids is 1. The van der Waals surface area contributed by atoms with E-state index in [1.807, 2.05) is 67.6 Å². The van der Waals surface area contributed by atoms with Gasteiger partial charge in [0.25, 0.3) is 0 Å². The van der Waals surface area contributed by atoms with Crippen LogP contribution in [0.3, 0.4) is 0 Å². The van der Waals surface area contributed by atoms with E-state index in [0.29, 0.717) is 57.9 Å². The molecule has 0 spiro atoms.